The first kappa shape index (κ1) is 14.9. The van der Waals surface area contributed by atoms with E-state index < -0.39 is 9.04 Å². The van der Waals surface area contributed by atoms with Crippen LogP contribution in [0.25, 0.3) is 0 Å². The van der Waals surface area contributed by atoms with E-state index in [1.54, 1.807) is 0 Å². The Hall–Kier alpha value is 0.907. The largest absolute Gasteiger partial charge is 0.416 e. The van der Waals surface area contributed by atoms with Crippen molar-refractivity contribution in [1.82, 2.24) is 0 Å². The Balaban J connectivity index is 4.28. The van der Waals surface area contributed by atoms with Crippen LogP contribution in [0.1, 0.15) is 48.0 Å². The molecule has 0 N–H and O–H groups in total. The molecule has 0 atom stereocenters. The van der Waals surface area contributed by atoms with Gasteiger partial charge in [-0.15, -0.1) is 0 Å². The number of rotatable bonds is 4. The Kier molecular flexibility index (Phi) is 6.22. The fraction of sp³-hybridized carbons (Fsp3) is 1.00. The van der Waals surface area contributed by atoms with E-state index in [-0.39, 0.29) is 0 Å². The van der Waals surface area contributed by atoms with Gasteiger partial charge in [0.2, 0.25) is 9.04 Å². The number of alkyl halides is 1. The van der Waals surface area contributed by atoms with Crippen LogP contribution in [0.4, 0.5) is 0 Å². The van der Waals surface area contributed by atoms with Gasteiger partial charge in [0.15, 0.2) is 0 Å². The quantitative estimate of drug-likeness (QED) is 0.321. The summed E-state index contributed by atoms with van der Waals surface area (Å²) in [4.78, 5) is 0. The van der Waals surface area contributed by atoms with Crippen LogP contribution >= 0.6 is 22.6 Å². The van der Waals surface area contributed by atoms with Crippen LogP contribution in [0.3, 0.4) is 0 Å². The molecule has 0 saturated heterocycles. The number of hydrogen-bond donors (Lipinski definition) is 0. The molecule has 0 spiro atoms. The highest BCUT2D eigenvalue weighted by Gasteiger charge is 2.39. The third kappa shape index (κ3) is 5.71. The normalized spacial score (nSPS) is 13.7. The van der Waals surface area contributed by atoms with Crippen molar-refractivity contribution in [2.45, 2.75) is 58.0 Å². The van der Waals surface area contributed by atoms with Gasteiger partial charge in [-0.25, -0.2) is 0 Å². The lowest BCUT2D eigenvalue weighted by atomic mass is 10.2. The maximum Gasteiger partial charge on any atom is 0.222 e. The summed E-state index contributed by atoms with van der Waals surface area (Å²) < 4.78 is 7.30. The summed E-state index contributed by atoms with van der Waals surface area (Å²) in [6.07, 6.45) is 1.18. The summed E-state index contributed by atoms with van der Waals surface area (Å²) in [6, 6.07) is 0. The van der Waals surface area contributed by atoms with Crippen molar-refractivity contribution in [2.75, 3.05) is 11.0 Å². The molecule has 14 heavy (non-hydrogen) atoms. The van der Waals surface area contributed by atoms with Crippen LogP contribution in [0.2, 0.25) is 10.1 Å². The van der Waals surface area contributed by atoms with Crippen molar-refractivity contribution in [3.8, 4) is 0 Å². The Bertz CT molecular complexity index is 144. The van der Waals surface area contributed by atoms with Gasteiger partial charge in [0.1, 0.15) is 0 Å². The molecule has 0 saturated carbocycles. The summed E-state index contributed by atoms with van der Waals surface area (Å²) in [7, 11) is -0.751. The second-order valence-electron chi connectivity index (χ2n) is 5.72. The molecule has 0 aliphatic rings. The van der Waals surface area contributed by atoms with Crippen LogP contribution in [0.5, 0.6) is 0 Å². The second-order valence-corrected chi connectivity index (χ2v) is 10.7. The number of halogens is 1. The molecule has 1 radical (unpaired) electrons. The maximum absolute atomic E-state index is 6.11. The summed E-state index contributed by atoms with van der Waals surface area (Å²) in [5, 5.41) is 0.655. The molecule has 0 unspecified atom stereocenters. The highest BCUT2D eigenvalue weighted by molar-refractivity contribution is 14.1. The molecule has 0 amide bonds. The van der Waals surface area contributed by atoms with E-state index in [1.165, 1.54) is 10.8 Å². The third-order valence-electron chi connectivity index (χ3n) is 1.89. The zero-order valence-electron chi connectivity index (χ0n) is 10.4. The van der Waals surface area contributed by atoms with Gasteiger partial charge >= 0.3 is 0 Å². The zero-order chi connectivity index (χ0) is 11.4. The van der Waals surface area contributed by atoms with E-state index in [4.69, 9.17) is 4.43 Å². The lowest BCUT2D eigenvalue weighted by Crippen LogP contribution is -2.38. The lowest BCUT2D eigenvalue weighted by molar-refractivity contribution is 0.284. The molecule has 0 fully saturated rings. The third-order valence-corrected chi connectivity index (χ3v) is 5.87. The predicted molar refractivity (Wildman–Crippen MR) is 74.6 cm³/mol. The molecule has 0 aromatic heterocycles. The molecule has 0 heterocycles. The number of hydrogen-bond acceptors (Lipinski definition) is 1. The average molecular weight is 327 g/mol. The molecule has 0 aliphatic carbocycles. The summed E-state index contributed by atoms with van der Waals surface area (Å²) >= 11 is 2.41. The van der Waals surface area contributed by atoms with Gasteiger partial charge in [0.25, 0.3) is 0 Å². The van der Waals surface area contributed by atoms with Crippen LogP contribution in [-0.2, 0) is 4.43 Å². The standard InChI is InChI=1S/C11H24IOSi/c1-10(2,3)14(11(4,5)6)13-9-7-8-12/h7-9H2,1-6H3. The van der Waals surface area contributed by atoms with E-state index >= 15 is 0 Å². The van der Waals surface area contributed by atoms with Crippen molar-refractivity contribution < 1.29 is 4.43 Å². The summed E-state index contributed by atoms with van der Waals surface area (Å²) in [5.41, 5.74) is 0. The van der Waals surface area contributed by atoms with Crippen molar-refractivity contribution >= 4 is 31.6 Å². The minimum Gasteiger partial charge on any atom is -0.416 e. The SMILES string of the molecule is CC(C)(C)[Si](OCCCI)C(C)(C)C. The minimum atomic E-state index is -0.751. The molecule has 1 nitrogen and oxygen atoms in total. The fourth-order valence-electron chi connectivity index (χ4n) is 1.79. The van der Waals surface area contributed by atoms with Crippen LogP contribution in [0, 0.1) is 0 Å². The van der Waals surface area contributed by atoms with E-state index in [1.807, 2.05) is 0 Å². The molecule has 0 aromatic rings. The van der Waals surface area contributed by atoms with Gasteiger partial charge in [0, 0.05) is 11.0 Å². The van der Waals surface area contributed by atoms with E-state index in [9.17, 15) is 0 Å². The molecular weight excluding hydrogens is 303 g/mol. The van der Waals surface area contributed by atoms with Crippen LogP contribution < -0.4 is 0 Å². The lowest BCUT2D eigenvalue weighted by Gasteiger charge is -2.37. The molecule has 85 valence electrons. The van der Waals surface area contributed by atoms with E-state index in [0.29, 0.717) is 10.1 Å². The van der Waals surface area contributed by atoms with Crippen LogP contribution in [-0.4, -0.2) is 20.1 Å². The van der Waals surface area contributed by atoms with Gasteiger partial charge in [-0.3, -0.25) is 0 Å². The minimum absolute atomic E-state index is 0.328. The summed E-state index contributed by atoms with van der Waals surface area (Å²) in [6.45, 7) is 14.7. The summed E-state index contributed by atoms with van der Waals surface area (Å²) in [5.74, 6) is 0. The zero-order valence-corrected chi connectivity index (χ0v) is 13.6. The van der Waals surface area contributed by atoms with E-state index in [2.05, 4.69) is 64.1 Å². The highest BCUT2D eigenvalue weighted by Crippen LogP contribution is 2.42. The van der Waals surface area contributed by atoms with Gasteiger partial charge in [0.05, 0.1) is 0 Å². The Morgan fingerprint density at radius 1 is 1.00 bits per heavy atom. The van der Waals surface area contributed by atoms with Crippen molar-refractivity contribution in [3.63, 3.8) is 0 Å². The van der Waals surface area contributed by atoms with Gasteiger partial charge in [-0.1, -0.05) is 64.1 Å². The average Bonchev–Trinajstić information content (AvgIpc) is 1.92. The maximum atomic E-state index is 6.11. The van der Waals surface area contributed by atoms with Crippen molar-refractivity contribution in [2.24, 2.45) is 0 Å². The molecule has 0 bridgehead atoms. The van der Waals surface area contributed by atoms with Crippen molar-refractivity contribution in [3.05, 3.63) is 0 Å². The van der Waals surface area contributed by atoms with Gasteiger partial charge in [-0.2, -0.15) is 0 Å². The monoisotopic (exact) mass is 327 g/mol. The predicted octanol–water partition coefficient (Wildman–Crippen LogP) is 4.42. The smallest absolute Gasteiger partial charge is 0.222 e. The molecule has 0 rings (SSSR count). The highest BCUT2D eigenvalue weighted by atomic mass is 127. The first-order valence-electron chi connectivity index (χ1n) is 5.26. The Morgan fingerprint density at radius 2 is 1.43 bits per heavy atom. The first-order chi connectivity index (χ1) is 6.19. The van der Waals surface area contributed by atoms with Gasteiger partial charge in [-0.05, 0) is 16.5 Å². The Labute approximate surface area is 105 Å². The topological polar surface area (TPSA) is 9.23 Å². The fourth-order valence-corrected chi connectivity index (χ4v) is 5.56. The second kappa shape index (κ2) is 5.85. The van der Waals surface area contributed by atoms with Crippen LogP contribution in [0.15, 0.2) is 0 Å². The van der Waals surface area contributed by atoms with E-state index in [0.717, 1.165) is 6.61 Å². The molecule has 0 aromatic carbocycles. The molecule has 3 heteroatoms. The van der Waals surface area contributed by atoms with Gasteiger partial charge < -0.3 is 4.43 Å². The molecular formula is C11H24IOSi. The van der Waals surface area contributed by atoms with Crippen molar-refractivity contribution in [1.29, 1.82) is 0 Å². The first-order valence-corrected chi connectivity index (χ1v) is 8.19. The molecule has 0 aliphatic heterocycles. The Morgan fingerprint density at radius 3 is 1.71 bits per heavy atom.